The summed E-state index contributed by atoms with van der Waals surface area (Å²) in [6, 6.07) is 14.7. The molecule has 1 saturated carbocycles. The average Bonchev–Trinajstić information content (AvgIpc) is 3.51. The van der Waals surface area contributed by atoms with Crippen molar-refractivity contribution in [3.8, 4) is 11.1 Å². The number of halogens is 1. The molecule has 2 aromatic carbocycles. The molecular formula is C27H33FN2O2. The number of nitrogens with zero attached hydrogens (tertiary/aromatic N) is 1. The fourth-order valence-corrected chi connectivity index (χ4v) is 4.84. The van der Waals surface area contributed by atoms with Gasteiger partial charge in [0, 0.05) is 30.6 Å². The standard InChI is InChI=1S/C27H33FN2O2/c1-18(2)29-26(32)27(12-14-30(15-13-27)25(31)23-16-19(23)3)17-20-8-10-21(11-9-20)22-6-4-5-7-24(22)28/h4-11,18-19,23H,12-17H2,1-3H3,(H,29,32). The third kappa shape index (κ3) is 4.72. The number of amides is 2. The van der Waals surface area contributed by atoms with Crippen LogP contribution in [0.15, 0.2) is 48.5 Å². The Morgan fingerprint density at radius 1 is 1.09 bits per heavy atom. The SMILES string of the molecule is CC(C)NC(=O)C1(Cc2ccc(-c3ccccc3F)cc2)CCN(C(=O)C2CC2C)CC1. The Hall–Kier alpha value is -2.69. The van der Waals surface area contributed by atoms with Gasteiger partial charge in [0.15, 0.2) is 0 Å². The largest absolute Gasteiger partial charge is 0.353 e. The topological polar surface area (TPSA) is 49.4 Å². The second-order valence-electron chi connectivity index (χ2n) is 9.91. The number of hydrogen-bond acceptors (Lipinski definition) is 2. The van der Waals surface area contributed by atoms with Crippen LogP contribution >= 0.6 is 0 Å². The lowest BCUT2D eigenvalue weighted by Crippen LogP contribution is -2.52. The highest BCUT2D eigenvalue weighted by Crippen LogP contribution is 2.42. The van der Waals surface area contributed by atoms with E-state index in [2.05, 4.69) is 12.2 Å². The van der Waals surface area contributed by atoms with Crippen LogP contribution in [-0.4, -0.2) is 35.8 Å². The summed E-state index contributed by atoms with van der Waals surface area (Å²) >= 11 is 0. The van der Waals surface area contributed by atoms with Crippen LogP contribution < -0.4 is 5.32 Å². The van der Waals surface area contributed by atoms with E-state index >= 15 is 0 Å². The molecule has 2 amide bonds. The summed E-state index contributed by atoms with van der Waals surface area (Å²) in [6.45, 7) is 7.32. The molecule has 2 unspecified atom stereocenters. The minimum atomic E-state index is -0.532. The number of carbonyl (C=O) groups excluding carboxylic acids is 2. The molecule has 1 aliphatic carbocycles. The van der Waals surface area contributed by atoms with Gasteiger partial charge in [-0.3, -0.25) is 9.59 Å². The third-order valence-corrected chi connectivity index (χ3v) is 7.04. The Morgan fingerprint density at radius 2 is 1.72 bits per heavy atom. The highest BCUT2D eigenvalue weighted by molar-refractivity contribution is 5.85. The van der Waals surface area contributed by atoms with Gasteiger partial charge in [-0.05, 0) is 62.6 Å². The van der Waals surface area contributed by atoms with Crippen LogP contribution in [0.2, 0.25) is 0 Å². The van der Waals surface area contributed by atoms with Crippen molar-refractivity contribution >= 4 is 11.8 Å². The van der Waals surface area contributed by atoms with Crippen LogP contribution in [0, 0.1) is 23.1 Å². The van der Waals surface area contributed by atoms with E-state index in [-0.39, 0.29) is 29.6 Å². The summed E-state index contributed by atoms with van der Waals surface area (Å²) < 4.78 is 14.1. The molecule has 4 rings (SSSR count). The van der Waals surface area contributed by atoms with Crippen LogP contribution in [0.25, 0.3) is 11.1 Å². The molecule has 2 aliphatic rings. The van der Waals surface area contributed by atoms with Crippen LogP contribution in [0.4, 0.5) is 4.39 Å². The predicted molar refractivity (Wildman–Crippen MR) is 124 cm³/mol. The molecular weight excluding hydrogens is 403 g/mol. The molecule has 1 saturated heterocycles. The Morgan fingerprint density at radius 3 is 2.28 bits per heavy atom. The number of benzene rings is 2. The van der Waals surface area contributed by atoms with Gasteiger partial charge in [-0.2, -0.15) is 0 Å². The van der Waals surface area contributed by atoms with E-state index in [1.807, 2.05) is 49.1 Å². The van der Waals surface area contributed by atoms with Crippen LogP contribution in [0.3, 0.4) is 0 Å². The van der Waals surface area contributed by atoms with E-state index in [0.29, 0.717) is 43.8 Å². The molecule has 2 fully saturated rings. The first kappa shape index (κ1) is 22.5. The molecule has 0 radical (unpaired) electrons. The fourth-order valence-electron chi connectivity index (χ4n) is 4.84. The van der Waals surface area contributed by atoms with Gasteiger partial charge in [0.05, 0.1) is 5.41 Å². The van der Waals surface area contributed by atoms with Crippen molar-refractivity contribution < 1.29 is 14.0 Å². The molecule has 1 heterocycles. The summed E-state index contributed by atoms with van der Waals surface area (Å²) in [6.07, 6.45) is 2.93. The van der Waals surface area contributed by atoms with Gasteiger partial charge < -0.3 is 10.2 Å². The van der Waals surface area contributed by atoms with Crippen molar-refractivity contribution in [3.05, 3.63) is 59.9 Å². The molecule has 2 atom stereocenters. The van der Waals surface area contributed by atoms with Crippen molar-refractivity contribution in [1.82, 2.24) is 10.2 Å². The van der Waals surface area contributed by atoms with E-state index in [1.165, 1.54) is 6.07 Å². The Balaban J connectivity index is 1.51. The molecule has 1 N–H and O–H groups in total. The minimum Gasteiger partial charge on any atom is -0.353 e. The van der Waals surface area contributed by atoms with Gasteiger partial charge in [-0.25, -0.2) is 4.39 Å². The first-order valence-electron chi connectivity index (χ1n) is 11.7. The third-order valence-electron chi connectivity index (χ3n) is 7.04. The fraction of sp³-hybridized carbons (Fsp3) is 0.481. The summed E-state index contributed by atoms with van der Waals surface area (Å²) in [5.74, 6) is 0.751. The Kier molecular flexibility index (Phi) is 6.36. The highest BCUT2D eigenvalue weighted by atomic mass is 19.1. The Labute approximate surface area is 190 Å². The molecule has 0 aromatic heterocycles. The first-order valence-corrected chi connectivity index (χ1v) is 11.7. The zero-order valence-electron chi connectivity index (χ0n) is 19.2. The summed E-state index contributed by atoms with van der Waals surface area (Å²) in [7, 11) is 0. The van der Waals surface area contributed by atoms with Gasteiger partial charge in [-0.1, -0.05) is 49.4 Å². The Bertz CT molecular complexity index is 977. The zero-order chi connectivity index (χ0) is 22.9. The summed E-state index contributed by atoms with van der Waals surface area (Å²) in [5, 5.41) is 3.11. The van der Waals surface area contributed by atoms with Crippen LogP contribution in [0.1, 0.15) is 45.6 Å². The smallest absolute Gasteiger partial charge is 0.226 e. The highest BCUT2D eigenvalue weighted by Gasteiger charge is 2.46. The summed E-state index contributed by atoms with van der Waals surface area (Å²) in [5.41, 5.74) is 1.92. The number of rotatable bonds is 6. The maximum Gasteiger partial charge on any atom is 0.226 e. The van der Waals surface area contributed by atoms with E-state index in [9.17, 15) is 14.0 Å². The lowest BCUT2D eigenvalue weighted by atomic mass is 9.72. The van der Waals surface area contributed by atoms with E-state index in [0.717, 1.165) is 17.5 Å². The van der Waals surface area contributed by atoms with E-state index in [1.54, 1.807) is 12.1 Å². The van der Waals surface area contributed by atoms with Gasteiger partial charge in [0.25, 0.3) is 0 Å². The van der Waals surface area contributed by atoms with Gasteiger partial charge >= 0.3 is 0 Å². The van der Waals surface area contributed by atoms with E-state index < -0.39 is 5.41 Å². The molecule has 2 aromatic rings. The van der Waals surface area contributed by atoms with Gasteiger partial charge in [0.1, 0.15) is 5.82 Å². The van der Waals surface area contributed by atoms with Gasteiger partial charge in [-0.15, -0.1) is 0 Å². The quantitative estimate of drug-likeness (QED) is 0.706. The number of nitrogens with one attached hydrogen (secondary N) is 1. The van der Waals surface area contributed by atoms with Crippen molar-refractivity contribution in [2.45, 2.75) is 52.5 Å². The normalized spacial score (nSPS) is 22.0. The van der Waals surface area contributed by atoms with Gasteiger partial charge in [0.2, 0.25) is 11.8 Å². The molecule has 0 spiro atoms. The molecule has 0 bridgehead atoms. The molecule has 1 aliphatic heterocycles. The maximum absolute atomic E-state index is 14.1. The average molecular weight is 437 g/mol. The van der Waals surface area contributed by atoms with Crippen molar-refractivity contribution in [2.24, 2.45) is 17.3 Å². The molecule has 170 valence electrons. The van der Waals surface area contributed by atoms with E-state index in [4.69, 9.17) is 0 Å². The predicted octanol–water partition coefficient (Wildman–Crippen LogP) is 4.82. The lowest BCUT2D eigenvalue weighted by Gasteiger charge is -2.41. The van der Waals surface area contributed by atoms with Crippen molar-refractivity contribution in [3.63, 3.8) is 0 Å². The molecule has 5 heteroatoms. The minimum absolute atomic E-state index is 0.0646. The maximum atomic E-state index is 14.1. The van der Waals surface area contributed by atoms with Crippen LogP contribution in [-0.2, 0) is 16.0 Å². The van der Waals surface area contributed by atoms with Crippen LogP contribution in [0.5, 0.6) is 0 Å². The number of hydrogen-bond donors (Lipinski definition) is 1. The van der Waals surface area contributed by atoms with Crippen molar-refractivity contribution in [1.29, 1.82) is 0 Å². The second-order valence-corrected chi connectivity index (χ2v) is 9.91. The summed E-state index contributed by atoms with van der Waals surface area (Å²) in [4.78, 5) is 27.9. The lowest BCUT2D eigenvalue weighted by molar-refractivity contribution is -0.141. The number of likely N-dealkylation sites (tertiary alicyclic amines) is 1. The molecule has 32 heavy (non-hydrogen) atoms. The number of carbonyl (C=O) groups is 2. The molecule has 4 nitrogen and oxygen atoms in total. The first-order chi connectivity index (χ1) is 15.3. The zero-order valence-corrected chi connectivity index (χ0v) is 19.2. The van der Waals surface area contributed by atoms with Crippen molar-refractivity contribution in [2.75, 3.05) is 13.1 Å². The monoisotopic (exact) mass is 436 g/mol. The number of piperidine rings is 1. The second kappa shape index (κ2) is 9.05.